The van der Waals surface area contributed by atoms with Gasteiger partial charge in [-0.25, -0.2) is 24.0 Å². The highest BCUT2D eigenvalue weighted by atomic mass is 35.5. The predicted molar refractivity (Wildman–Crippen MR) is 376 cm³/mol. The molecule has 0 radical (unpaired) electrons. The van der Waals surface area contributed by atoms with Crippen LogP contribution >= 0.6 is 11.6 Å². The number of alkyl halides is 3. The Morgan fingerprint density at radius 3 is 1.36 bits per heavy atom. The molecule has 1 heterocycles. The number of anilines is 1. The van der Waals surface area contributed by atoms with Crippen molar-refractivity contribution in [3.05, 3.63) is 160 Å². The number of aromatic hydroxyl groups is 1. The summed E-state index contributed by atoms with van der Waals surface area (Å²) in [6.07, 6.45) is -3.78. The number of esters is 5. The number of carbonyl (C=O) groups is 10. The van der Waals surface area contributed by atoms with Crippen molar-refractivity contribution in [1.82, 2.24) is 58.1 Å². The van der Waals surface area contributed by atoms with Crippen LogP contribution in [0, 0.1) is 0 Å². The van der Waals surface area contributed by atoms with E-state index in [4.69, 9.17) is 30.9 Å². The Balaban J connectivity index is 0.000000441. The summed E-state index contributed by atoms with van der Waals surface area (Å²) in [6, 6.07) is 33.5. The summed E-state index contributed by atoms with van der Waals surface area (Å²) in [5, 5.41) is 37.7. The molecule has 10 amide bonds. The molecule has 0 saturated carbocycles. The molecule has 5 aromatic rings. The Labute approximate surface area is 601 Å². The van der Waals surface area contributed by atoms with Crippen molar-refractivity contribution in [3.8, 4) is 11.5 Å². The lowest BCUT2D eigenvalue weighted by molar-refractivity contribution is -0.142. The Kier molecular flexibility index (Phi) is 46.3. The summed E-state index contributed by atoms with van der Waals surface area (Å²) < 4.78 is 72.1. The zero-order chi connectivity index (χ0) is 75.9. The van der Waals surface area contributed by atoms with Gasteiger partial charge in [-0.15, -0.1) is 0 Å². The number of hydrogen-bond acceptors (Lipinski definition) is 20. The van der Waals surface area contributed by atoms with Crippen molar-refractivity contribution in [3.63, 3.8) is 0 Å². The number of phenols is 1. The molecule has 566 valence electrons. The van der Waals surface area contributed by atoms with Crippen LogP contribution in [-0.4, -0.2) is 195 Å². The minimum Gasteiger partial charge on any atom is -0.508 e. The third kappa shape index (κ3) is 45.6. The van der Waals surface area contributed by atoms with E-state index < -0.39 is 65.7 Å². The quantitative estimate of drug-likeness (QED) is 0.0128. The Hall–Kier alpha value is -10.8. The number of halogens is 4. The number of benzene rings is 5. The zero-order valence-electron chi connectivity index (χ0n) is 58.2. The second-order valence-corrected chi connectivity index (χ2v) is 21.2. The number of morpholine rings is 1. The van der Waals surface area contributed by atoms with Gasteiger partial charge in [-0.2, -0.15) is 13.2 Å². The third-order valence-electron chi connectivity index (χ3n) is 12.9. The van der Waals surface area contributed by atoms with Crippen LogP contribution in [0.1, 0.15) is 62.4 Å². The number of nitrogens with zero attached hydrogens (tertiary/aromatic N) is 1. The van der Waals surface area contributed by atoms with Crippen molar-refractivity contribution < 1.29 is 99.4 Å². The fourth-order valence-electron chi connectivity index (χ4n) is 8.00. The number of amides is 10. The molecule has 0 aromatic heterocycles. The van der Waals surface area contributed by atoms with Gasteiger partial charge in [0, 0.05) is 75.2 Å². The molecule has 0 unspecified atom stereocenters. The van der Waals surface area contributed by atoms with Gasteiger partial charge in [-0.05, 0) is 112 Å². The summed E-state index contributed by atoms with van der Waals surface area (Å²) in [4.78, 5) is 115. The molecule has 0 aliphatic carbocycles. The van der Waals surface area contributed by atoms with Gasteiger partial charge in [0.05, 0.1) is 51.8 Å². The highest BCUT2D eigenvalue weighted by Crippen LogP contribution is 2.29. The van der Waals surface area contributed by atoms with E-state index in [1.54, 1.807) is 77.1 Å². The van der Waals surface area contributed by atoms with E-state index in [0.717, 1.165) is 73.1 Å². The molecule has 1 aliphatic rings. The molecule has 30 nitrogen and oxygen atoms in total. The largest absolute Gasteiger partial charge is 0.508 e. The number of urea groups is 5. The smallest absolute Gasteiger partial charge is 0.416 e. The first-order chi connectivity index (χ1) is 49.5. The number of carbonyl (C=O) groups excluding carboxylic acids is 10. The molecular weight excluding hydrogens is 1380 g/mol. The lowest BCUT2D eigenvalue weighted by Gasteiger charge is -2.26. The van der Waals surface area contributed by atoms with Crippen molar-refractivity contribution in [2.45, 2.75) is 66.9 Å². The standard InChI is InChI=1S/C18H27N3O5.C13H15F3N2O3.C13H19N3O3.C13H18N2O4.C12H15ClN2O3/c1-2-25-17(22)14-20-18(23)19-13-15-5-3-4-6-16(15)26-12-9-21-7-10-24-11-8-21;1-2-21-11(19)8-18-12(20)17-7-9-4-3-5-10(6-9)13(14,15)16;1-2-19-12(17)10-16-13(18)15-9-8-14-11-6-4-3-5-7-11;1-2-19-12(17)9-15-13(18)14-8-7-10-3-5-11(16)6-4-10;1-2-18-11(16)8-15-12(17)14-7-9-4-3-5-10(13)6-9/h3-6H,2,7-14H2,1H3,(H2,19,20,23);3-6H,2,7-8H2,1H3,(H2,17,18,20);3-7,14H,2,8-10H2,1H3,(H2,15,16,18);3-6,16H,2,7-9H2,1H3,(H2,14,15,18);3-6H,2,7-8H2,1H3,(H2,14,15,17). The van der Waals surface area contributed by atoms with E-state index >= 15 is 0 Å². The van der Waals surface area contributed by atoms with Crippen LogP contribution in [0.15, 0.2) is 127 Å². The molecule has 12 N–H and O–H groups in total. The van der Waals surface area contributed by atoms with Gasteiger partial charge in [0.2, 0.25) is 0 Å². The Morgan fingerprint density at radius 2 is 0.893 bits per heavy atom. The third-order valence-corrected chi connectivity index (χ3v) is 13.1. The molecule has 6 rings (SSSR count). The maximum atomic E-state index is 12.5. The van der Waals surface area contributed by atoms with Crippen LogP contribution in [0.4, 0.5) is 42.8 Å². The van der Waals surface area contributed by atoms with Crippen LogP contribution in [-0.2, 0) is 84.6 Å². The van der Waals surface area contributed by atoms with Crippen molar-refractivity contribution in [2.75, 3.05) is 130 Å². The van der Waals surface area contributed by atoms with E-state index in [-0.39, 0.29) is 64.3 Å². The molecule has 0 atom stereocenters. The van der Waals surface area contributed by atoms with Gasteiger partial charge in [-0.1, -0.05) is 84.4 Å². The first-order valence-corrected chi connectivity index (χ1v) is 33.2. The Bertz CT molecular complexity index is 3320. The van der Waals surface area contributed by atoms with Gasteiger partial charge in [0.1, 0.15) is 50.8 Å². The summed E-state index contributed by atoms with van der Waals surface area (Å²) >= 11 is 5.81. The summed E-state index contributed by atoms with van der Waals surface area (Å²) in [5.74, 6) is -1.47. The Morgan fingerprint density at radius 1 is 0.466 bits per heavy atom. The van der Waals surface area contributed by atoms with Crippen LogP contribution < -0.4 is 63.2 Å². The molecule has 0 spiro atoms. The van der Waals surface area contributed by atoms with Crippen molar-refractivity contribution >= 4 is 77.3 Å². The number of para-hydroxylation sites is 2. The number of phenolic OH excluding ortho intramolecular Hbond substituents is 1. The molecule has 0 bridgehead atoms. The molecular formula is C69H94ClF3N12O18. The minimum atomic E-state index is -4.43. The molecule has 34 heteroatoms. The monoisotopic (exact) mass is 1470 g/mol. The number of ether oxygens (including phenoxy) is 7. The minimum absolute atomic E-state index is 0.0847. The predicted octanol–water partition coefficient (Wildman–Crippen LogP) is 6.29. The maximum absolute atomic E-state index is 12.5. The summed E-state index contributed by atoms with van der Waals surface area (Å²) in [7, 11) is 0. The van der Waals surface area contributed by atoms with Crippen molar-refractivity contribution in [1.29, 1.82) is 0 Å². The SMILES string of the molecule is CCOC(=O)CNC(=O)NCCNc1ccccc1.CCOC(=O)CNC(=O)NCCc1ccc(O)cc1.CCOC(=O)CNC(=O)NCc1cccc(C(F)(F)F)c1.CCOC(=O)CNC(=O)NCc1cccc(Cl)c1.CCOC(=O)CNC(=O)NCc1ccccc1OCCN1CCOCC1. The summed E-state index contributed by atoms with van der Waals surface area (Å²) in [5.41, 5.74) is 3.28. The van der Waals surface area contributed by atoms with Crippen LogP contribution in [0.25, 0.3) is 0 Å². The molecule has 5 aromatic carbocycles. The topological polar surface area (TPSA) is 391 Å². The highest BCUT2D eigenvalue weighted by Gasteiger charge is 2.30. The van der Waals surface area contributed by atoms with E-state index in [1.807, 2.05) is 60.7 Å². The fraction of sp³-hybridized carbons (Fsp3) is 0.420. The lowest BCUT2D eigenvalue weighted by Crippen LogP contribution is -2.40. The van der Waals surface area contributed by atoms with Gasteiger partial charge in [0.15, 0.2) is 0 Å². The number of nitrogens with one attached hydrogen (secondary N) is 11. The van der Waals surface area contributed by atoms with E-state index in [9.17, 15) is 61.1 Å². The average Bonchev–Trinajstić information content (AvgIpc) is 0.888. The maximum Gasteiger partial charge on any atom is 0.416 e. The average molecular weight is 1470 g/mol. The number of hydrogen-bond donors (Lipinski definition) is 12. The molecule has 1 aliphatic heterocycles. The molecule has 1 saturated heterocycles. The normalized spacial score (nSPS) is 11.1. The fourth-order valence-corrected chi connectivity index (χ4v) is 8.21. The lowest BCUT2D eigenvalue weighted by atomic mass is 10.1. The molecule has 1 fully saturated rings. The molecule has 103 heavy (non-hydrogen) atoms. The number of rotatable bonds is 32. The second kappa shape index (κ2) is 54.0. The first-order valence-electron chi connectivity index (χ1n) is 32.8. The van der Waals surface area contributed by atoms with Gasteiger partial charge < -0.3 is 96.7 Å². The second-order valence-electron chi connectivity index (χ2n) is 20.8. The van der Waals surface area contributed by atoms with Gasteiger partial charge >= 0.3 is 66.2 Å². The zero-order valence-corrected chi connectivity index (χ0v) is 59.0. The highest BCUT2D eigenvalue weighted by molar-refractivity contribution is 6.30. The summed E-state index contributed by atoms with van der Waals surface area (Å²) in [6.45, 7) is 15.9. The van der Waals surface area contributed by atoms with E-state index in [1.165, 1.54) is 12.1 Å². The van der Waals surface area contributed by atoms with Crippen LogP contribution in [0.5, 0.6) is 11.5 Å². The van der Waals surface area contributed by atoms with Gasteiger partial charge in [0.25, 0.3) is 0 Å². The van der Waals surface area contributed by atoms with Crippen LogP contribution in [0.3, 0.4) is 0 Å². The van der Waals surface area contributed by atoms with E-state index in [2.05, 4.69) is 82.3 Å². The van der Waals surface area contributed by atoms with E-state index in [0.29, 0.717) is 76.2 Å². The van der Waals surface area contributed by atoms with Crippen LogP contribution in [0.2, 0.25) is 5.02 Å². The van der Waals surface area contributed by atoms with Crippen molar-refractivity contribution in [2.24, 2.45) is 0 Å². The van der Waals surface area contributed by atoms with Gasteiger partial charge in [-0.3, -0.25) is 28.9 Å². The first kappa shape index (κ1) is 88.3.